The van der Waals surface area contributed by atoms with Crippen LogP contribution in [0.4, 0.5) is 4.79 Å². The maximum Gasteiger partial charge on any atom is 0.323 e. The summed E-state index contributed by atoms with van der Waals surface area (Å²) in [6, 6.07) is 0.0555. The molecule has 0 radical (unpaired) electrons. The first-order valence-electron chi connectivity index (χ1n) is 8.28. The number of aliphatic carboxylic acids is 1. The number of hydrogen-bond donors (Lipinski definition) is 1. The Balaban J connectivity index is 2.06. The van der Waals surface area contributed by atoms with Gasteiger partial charge in [-0.1, -0.05) is 26.7 Å². The Bertz CT molecular complexity index is 387. The lowest BCUT2D eigenvalue weighted by molar-refractivity contribution is -0.138. The third-order valence-electron chi connectivity index (χ3n) is 5.53. The van der Waals surface area contributed by atoms with Crippen LogP contribution < -0.4 is 0 Å². The molecule has 0 bridgehead atoms. The summed E-state index contributed by atoms with van der Waals surface area (Å²) >= 11 is 0. The normalized spacial score (nSPS) is 21.7. The Hall–Kier alpha value is -1.26. The number of urea groups is 1. The minimum absolute atomic E-state index is 0.0620. The highest BCUT2D eigenvalue weighted by Gasteiger charge is 2.40. The zero-order valence-electron chi connectivity index (χ0n) is 13.3. The van der Waals surface area contributed by atoms with Gasteiger partial charge in [0, 0.05) is 19.1 Å². The second-order valence-electron chi connectivity index (χ2n) is 6.62. The highest BCUT2D eigenvalue weighted by atomic mass is 16.4. The highest BCUT2D eigenvalue weighted by molar-refractivity contribution is 5.80. The van der Waals surface area contributed by atoms with E-state index in [2.05, 4.69) is 13.8 Å². The van der Waals surface area contributed by atoms with E-state index in [9.17, 15) is 9.59 Å². The topological polar surface area (TPSA) is 60.9 Å². The van der Waals surface area contributed by atoms with E-state index >= 15 is 0 Å². The van der Waals surface area contributed by atoms with Gasteiger partial charge >= 0.3 is 12.0 Å². The lowest BCUT2D eigenvalue weighted by Gasteiger charge is -2.33. The highest BCUT2D eigenvalue weighted by Crippen LogP contribution is 2.37. The molecule has 5 heteroatoms. The number of carbonyl (C=O) groups excluding carboxylic acids is 1. The molecule has 1 N–H and O–H groups in total. The number of nitrogens with zero attached hydrogens (tertiary/aromatic N) is 2. The predicted octanol–water partition coefficient (Wildman–Crippen LogP) is 2.95. The maximum absolute atomic E-state index is 12.8. The standard InChI is InChI=1S/C16H28N2O3/c1-3-16(4-2)9-10-17(12-16)15(21)18(11-14(19)20)13-7-5-6-8-13/h13H,3-12H2,1-2H3,(H,19,20). The number of carbonyl (C=O) groups is 2. The fraction of sp³-hybridized carbons (Fsp3) is 0.875. The second kappa shape index (κ2) is 6.67. The van der Waals surface area contributed by atoms with Crippen LogP contribution in [0.1, 0.15) is 58.8 Å². The summed E-state index contributed by atoms with van der Waals surface area (Å²) in [5, 5.41) is 9.12. The zero-order valence-corrected chi connectivity index (χ0v) is 13.3. The van der Waals surface area contributed by atoms with Crippen molar-refractivity contribution in [2.24, 2.45) is 5.41 Å². The Kier molecular flexibility index (Phi) is 5.12. The first-order valence-corrected chi connectivity index (χ1v) is 8.28. The molecule has 1 saturated heterocycles. The van der Waals surface area contributed by atoms with Gasteiger partial charge in [0.05, 0.1) is 0 Å². The summed E-state index contributed by atoms with van der Waals surface area (Å²) < 4.78 is 0. The molecule has 1 aliphatic carbocycles. The summed E-state index contributed by atoms with van der Waals surface area (Å²) in [6.45, 7) is 5.75. The van der Waals surface area contributed by atoms with Crippen molar-refractivity contribution in [3.8, 4) is 0 Å². The van der Waals surface area contributed by atoms with Gasteiger partial charge < -0.3 is 14.9 Å². The molecular formula is C16H28N2O3. The number of carboxylic acids is 1. The molecule has 21 heavy (non-hydrogen) atoms. The number of rotatable bonds is 5. The van der Waals surface area contributed by atoms with Gasteiger partial charge in [-0.05, 0) is 37.5 Å². The van der Waals surface area contributed by atoms with Crippen LogP contribution in [0, 0.1) is 5.41 Å². The molecule has 0 aromatic heterocycles. The number of hydrogen-bond acceptors (Lipinski definition) is 2. The molecule has 1 aliphatic heterocycles. The minimum atomic E-state index is -0.910. The molecule has 0 aromatic carbocycles. The molecule has 120 valence electrons. The molecule has 1 heterocycles. The molecule has 2 aliphatic rings. The summed E-state index contributed by atoms with van der Waals surface area (Å²) in [7, 11) is 0. The van der Waals surface area contributed by atoms with Crippen LogP contribution in [0.3, 0.4) is 0 Å². The average molecular weight is 296 g/mol. The lowest BCUT2D eigenvalue weighted by atomic mass is 9.82. The minimum Gasteiger partial charge on any atom is -0.480 e. The first-order chi connectivity index (χ1) is 10.0. The monoisotopic (exact) mass is 296 g/mol. The van der Waals surface area contributed by atoms with Gasteiger partial charge in [-0.15, -0.1) is 0 Å². The van der Waals surface area contributed by atoms with Gasteiger partial charge in [-0.25, -0.2) is 4.79 Å². The third-order valence-corrected chi connectivity index (χ3v) is 5.53. The van der Waals surface area contributed by atoms with E-state index in [0.29, 0.717) is 0 Å². The predicted molar refractivity (Wildman–Crippen MR) is 81.2 cm³/mol. The van der Waals surface area contributed by atoms with Gasteiger partial charge in [-0.2, -0.15) is 0 Å². The molecule has 0 unspecified atom stereocenters. The van der Waals surface area contributed by atoms with Crippen molar-refractivity contribution in [3.63, 3.8) is 0 Å². The van der Waals surface area contributed by atoms with E-state index in [1.165, 1.54) is 0 Å². The Morgan fingerprint density at radius 3 is 2.33 bits per heavy atom. The van der Waals surface area contributed by atoms with Crippen LogP contribution in [0.25, 0.3) is 0 Å². The van der Waals surface area contributed by atoms with Crippen LogP contribution in [0.15, 0.2) is 0 Å². The Labute approximate surface area is 127 Å². The van der Waals surface area contributed by atoms with Crippen LogP contribution in [0.5, 0.6) is 0 Å². The summed E-state index contributed by atoms with van der Waals surface area (Å²) in [6.07, 6.45) is 7.28. The van der Waals surface area contributed by atoms with E-state index in [4.69, 9.17) is 5.11 Å². The van der Waals surface area contributed by atoms with Crippen LogP contribution in [-0.4, -0.2) is 52.6 Å². The van der Waals surface area contributed by atoms with E-state index < -0.39 is 5.97 Å². The maximum atomic E-state index is 12.8. The van der Waals surface area contributed by atoms with Crippen molar-refractivity contribution in [2.45, 2.75) is 64.8 Å². The SMILES string of the molecule is CCC1(CC)CCN(C(=O)N(CC(=O)O)C2CCCC2)C1. The number of amides is 2. The molecule has 0 spiro atoms. The van der Waals surface area contributed by atoms with E-state index in [1.807, 2.05) is 4.90 Å². The van der Waals surface area contributed by atoms with Gasteiger partial charge in [0.15, 0.2) is 0 Å². The number of carboxylic acid groups (broad SMARTS) is 1. The molecule has 5 nitrogen and oxygen atoms in total. The van der Waals surface area contributed by atoms with Crippen molar-refractivity contribution < 1.29 is 14.7 Å². The van der Waals surface area contributed by atoms with Crippen LogP contribution in [0.2, 0.25) is 0 Å². The average Bonchev–Trinajstić information content (AvgIpc) is 3.13. The van der Waals surface area contributed by atoms with Gasteiger partial charge in [-0.3, -0.25) is 4.79 Å². The first kappa shape index (κ1) is 16.1. The molecule has 2 fully saturated rings. The fourth-order valence-corrected chi connectivity index (χ4v) is 3.82. The van der Waals surface area contributed by atoms with Crippen molar-refractivity contribution in [2.75, 3.05) is 19.6 Å². The van der Waals surface area contributed by atoms with Crippen LogP contribution in [-0.2, 0) is 4.79 Å². The second-order valence-corrected chi connectivity index (χ2v) is 6.62. The van der Waals surface area contributed by atoms with Crippen molar-refractivity contribution in [1.29, 1.82) is 0 Å². The van der Waals surface area contributed by atoms with E-state index in [-0.39, 0.29) is 24.0 Å². The molecule has 2 amide bonds. The number of likely N-dealkylation sites (tertiary alicyclic amines) is 1. The smallest absolute Gasteiger partial charge is 0.323 e. The molecule has 1 saturated carbocycles. The van der Waals surface area contributed by atoms with E-state index in [1.54, 1.807) is 4.90 Å². The molecule has 2 rings (SSSR count). The molecule has 0 aromatic rings. The van der Waals surface area contributed by atoms with Gasteiger partial charge in [0.2, 0.25) is 0 Å². The van der Waals surface area contributed by atoms with Crippen LogP contribution >= 0.6 is 0 Å². The zero-order chi connectivity index (χ0) is 15.5. The van der Waals surface area contributed by atoms with Crippen molar-refractivity contribution >= 4 is 12.0 Å². The van der Waals surface area contributed by atoms with Crippen molar-refractivity contribution in [3.05, 3.63) is 0 Å². The quantitative estimate of drug-likeness (QED) is 0.848. The Morgan fingerprint density at radius 2 is 1.86 bits per heavy atom. The summed E-state index contributed by atoms with van der Waals surface area (Å²) in [5.41, 5.74) is 0.236. The van der Waals surface area contributed by atoms with Gasteiger partial charge in [0.1, 0.15) is 6.54 Å². The third kappa shape index (κ3) is 3.50. The van der Waals surface area contributed by atoms with E-state index in [0.717, 1.165) is 58.0 Å². The summed E-state index contributed by atoms with van der Waals surface area (Å²) in [5.74, 6) is -0.910. The lowest BCUT2D eigenvalue weighted by Crippen LogP contribution is -2.49. The van der Waals surface area contributed by atoms with Crippen molar-refractivity contribution in [1.82, 2.24) is 9.80 Å². The van der Waals surface area contributed by atoms with Gasteiger partial charge in [0.25, 0.3) is 0 Å². The molecule has 0 atom stereocenters. The molecular weight excluding hydrogens is 268 g/mol. The summed E-state index contributed by atoms with van der Waals surface area (Å²) in [4.78, 5) is 27.4. The largest absolute Gasteiger partial charge is 0.480 e. The fourth-order valence-electron chi connectivity index (χ4n) is 3.82. The Morgan fingerprint density at radius 1 is 1.24 bits per heavy atom.